The van der Waals surface area contributed by atoms with Gasteiger partial charge in [0.2, 0.25) is 0 Å². The van der Waals surface area contributed by atoms with Gasteiger partial charge in [-0.3, -0.25) is 14.2 Å². The number of halogens is 2. The van der Waals surface area contributed by atoms with Crippen molar-refractivity contribution in [3.63, 3.8) is 0 Å². The Balaban J connectivity index is 2.41. The predicted octanol–water partition coefficient (Wildman–Crippen LogP) is 4.05. The molecule has 0 spiro atoms. The van der Waals surface area contributed by atoms with Gasteiger partial charge < -0.3 is 5.32 Å². The fourth-order valence-corrected chi connectivity index (χ4v) is 3.64. The van der Waals surface area contributed by atoms with Crippen LogP contribution in [-0.4, -0.2) is 44.5 Å². The lowest BCUT2D eigenvalue weighted by molar-refractivity contribution is -0.185. The number of rotatable bonds is 10. The Morgan fingerprint density at radius 2 is 1.93 bits per heavy atom. The van der Waals surface area contributed by atoms with Crippen LogP contribution in [0, 0.1) is 6.92 Å². The smallest absolute Gasteiger partial charge is 0.350 e. The monoisotopic (exact) mass is 457 g/mol. The minimum Gasteiger partial charge on any atom is -0.372 e. The molecule has 0 saturated carbocycles. The summed E-state index contributed by atoms with van der Waals surface area (Å²) in [7, 11) is 0. The molecule has 1 aromatic heterocycles. The van der Waals surface area contributed by atoms with Gasteiger partial charge in [0.25, 0.3) is 5.91 Å². The largest absolute Gasteiger partial charge is 0.372 e. The van der Waals surface area contributed by atoms with Crippen LogP contribution in [0.5, 0.6) is 0 Å². The SMILES string of the molecule is CCCN(OCC)C(=O)C(CC)Nc1cc(-n2nc(C)n(CC)c2=O)c(Cl)cc1Cl. The van der Waals surface area contributed by atoms with E-state index in [0.717, 1.165) is 6.42 Å². The molecule has 0 fully saturated rings. The predicted molar refractivity (Wildman–Crippen MR) is 120 cm³/mol. The summed E-state index contributed by atoms with van der Waals surface area (Å²) < 4.78 is 2.79. The van der Waals surface area contributed by atoms with Crippen molar-refractivity contribution in [3.8, 4) is 5.69 Å². The van der Waals surface area contributed by atoms with E-state index in [2.05, 4.69) is 10.4 Å². The maximum atomic E-state index is 12.9. The fourth-order valence-electron chi connectivity index (χ4n) is 3.12. The van der Waals surface area contributed by atoms with Gasteiger partial charge in [0.05, 0.1) is 28.0 Å². The van der Waals surface area contributed by atoms with E-state index in [0.29, 0.717) is 48.3 Å². The molecule has 8 nitrogen and oxygen atoms in total. The van der Waals surface area contributed by atoms with Crippen LogP contribution in [0.25, 0.3) is 5.69 Å². The summed E-state index contributed by atoms with van der Waals surface area (Å²) >= 11 is 12.7. The van der Waals surface area contributed by atoms with Crippen molar-refractivity contribution < 1.29 is 9.63 Å². The average molecular weight is 458 g/mol. The Labute approximate surface area is 186 Å². The fraction of sp³-hybridized carbons (Fsp3) is 0.550. The molecule has 0 aliphatic heterocycles. The number of amides is 1. The summed E-state index contributed by atoms with van der Waals surface area (Å²) in [6.45, 7) is 10.7. The molecular weight excluding hydrogens is 429 g/mol. The van der Waals surface area contributed by atoms with Gasteiger partial charge in [-0.25, -0.2) is 9.86 Å². The highest BCUT2D eigenvalue weighted by Gasteiger charge is 2.25. The molecule has 10 heteroatoms. The van der Waals surface area contributed by atoms with Gasteiger partial charge >= 0.3 is 5.69 Å². The van der Waals surface area contributed by atoms with E-state index in [9.17, 15) is 9.59 Å². The Kier molecular flexibility index (Phi) is 8.76. The number of carbonyl (C=O) groups excluding carboxylic acids is 1. The van der Waals surface area contributed by atoms with Crippen molar-refractivity contribution in [1.29, 1.82) is 0 Å². The van der Waals surface area contributed by atoms with Crippen molar-refractivity contribution in [2.24, 2.45) is 0 Å². The van der Waals surface area contributed by atoms with E-state index >= 15 is 0 Å². The van der Waals surface area contributed by atoms with E-state index in [4.69, 9.17) is 28.0 Å². The Bertz CT molecular complexity index is 935. The van der Waals surface area contributed by atoms with E-state index < -0.39 is 6.04 Å². The first-order valence-corrected chi connectivity index (χ1v) is 10.9. The summed E-state index contributed by atoms with van der Waals surface area (Å²) in [5.41, 5.74) is 0.583. The van der Waals surface area contributed by atoms with Gasteiger partial charge in [0.1, 0.15) is 11.9 Å². The Hall–Kier alpha value is -2.03. The van der Waals surface area contributed by atoms with Crippen LogP contribution in [0.3, 0.4) is 0 Å². The zero-order chi connectivity index (χ0) is 22.4. The number of nitrogens with zero attached hydrogens (tertiary/aromatic N) is 4. The first kappa shape index (κ1) is 24.2. The quantitative estimate of drug-likeness (QED) is 0.544. The second-order valence-corrected chi connectivity index (χ2v) is 7.55. The molecule has 0 saturated heterocycles. The lowest BCUT2D eigenvalue weighted by Gasteiger charge is -2.26. The van der Waals surface area contributed by atoms with Gasteiger partial charge in [0.15, 0.2) is 0 Å². The third-order valence-corrected chi connectivity index (χ3v) is 5.24. The van der Waals surface area contributed by atoms with E-state index in [1.165, 1.54) is 15.8 Å². The van der Waals surface area contributed by atoms with Gasteiger partial charge in [-0.15, -0.1) is 0 Å². The summed E-state index contributed by atoms with van der Waals surface area (Å²) in [6.07, 6.45) is 1.29. The van der Waals surface area contributed by atoms with Crippen molar-refractivity contribution in [2.75, 3.05) is 18.5 Å². The van der Waals surface area contributed by atoms with Crippen LogP contribution in [0.15, 0.2) is 16.9 Å². The molecule has 0 radical (unpaired) electrons. The number of hydrogen-bond donors (Lipinski definition) is 1. The third-order valence-electron chi connectivity index (χ3n) is 4.62. The lowest BCUT2D eigenvalue weighted by atomic mass is 10.1. The van der Waals surface area contributed by atoms with Gasteiger partial charge in [-0.1, -0.05) is 37.0 Å². The van der Waals surface area contributed by atoms with E-state index in [1.54, 1.807) is 17.6 Å². The number of aryl methyl sites for hydroxylation is 1. The van der Waals surface area contributed by atoms with E-state index in [-0.39, 0.29) is 16.6 Å². The van der Waals surface area contributed by atoms with Gasteiger partial charge in [-0.05, 0) is 45.7 Å². The molecule has 1 atom stereocenters. The molecule has 166 valence electrons. The van der Waals surface area contributed by atoms with Crippen LogP contribution >= 0.6 is 23.2 Å². The number of nitrogens with one attached hydrogen (secondary N) is 1. The molecular formula is C20H29Cl2N5O3. The average Bonchev–Trinajstić information content (AvgIpc) is 3.00. The van der Waals surface area contributed by atoms with Crippen LogP contribution in [0.1, 0.15) is 46.4 Å². The van der Waals surface area contributed by atoms with Crippen molar-refractivity contribution in [2.45, 2.75) is 60.0 Å². The van der Waals surface area contributed by atoms with Crippen LogP contribution in [0.2, 0.25) is 10.0 Å². The van der Waals surface area contributed by atoms with Crippen molar-refractivity contribution >= 4 is 34.8 Å². The Morgan fingerprint density at radius 1 is 1.23 bits per heavy atom. The molecule has 2 rings (SSSR count). The standard InChI is InChI=1S/C20H29Cl2N5O3/c1-6-10-26(30-9-4)19(28)16(7-2)23-17-12-18(15(22)11-14(17)21)27-20(29)25(8-3)13(5)24-27/h11-12,16,23H,6-10H2,1-5H3. The number of aromatic nitrogens is 3. The lowest BCUT2D eigenvalue weighted by Crippen LogP contribution is -2.43. The normalized spacial score (nSPS) is 12.1. The second-order valence-electron chi connectivity index (χ2n) is 6.73. The van der Waals surface area contributed by atoms with Crippen molar-refractivity contribution in [3.05, 3.63) is 38.5 Å². The minimum absolute atomic E-state index is 0.183. The summed E-state index contributed by atoms with van der Waals surface area (Å²) in [4.78, 5) is 31.1. The van der Waals surface area contributed by atoms with Crippen LogP contribution in [-0.2, 0) is 16.2 Å². The summed E-state index contributed by atoms with van der Waals surface area (Å²) in [6, 6.07) is 2.62. The first-order valence-electron chi connectivity index (χ1n) is 10.2. The minimum atomic E-state index is -0.554. The summed E-state index contributed by atoms with van der Waals surface area (Å²) in [5, 5.41) is 9.49. The number of hydrogen-bond acceptors (Lipinski definition) is 5. The Morgan fingerprint density at radius 3 is 2.47 bits per heavy atom. The highest BCUT2D eigenvalue weighted by atomic mass is 35.5. The zero-order valence-electron chi connectivity index (χ0n) is 18.0. The van der Waals surface area contributed by atoms with Gasteiger partial charge in [-0.2, -0.15) is 9.78 Å². The first-order chi connectivity index (χ1) is 14.3. The number of anilines is 1. The van der Waals surface area contributed by atoms with E-state index in [1.807, 2.05) is 27.7 Å². The molecule has 0 bridgehead atoms. The maximum Gasteiger partial charge on any atom is 0.350 e. The molecule has 1 heterocycles. The number of hydroxylamine groups is 2. The highest BCUT2D eigenvalue weighted by Crippen LogP contribution is 2.31. The number of carbonyl (C=O) groups is 1. The highest BCUT2D eigenvalue weighted by molar-refractivity contribution is 6.37. The molecule has 30 heavy (non-hydrogen) atoms. The second kappa shape index (κ2) is 10.8. The molecule has 1 aromatic carbocycles. The molecule has 0 aliphatic carbocycles. The van der Waals surface area contributed by atoms with Crippen LogP contribution in [0.4, 0.5) is 5.69 Å². The topological polar surface area (TPSA) is 81.4 Å². The number of benzene rings is 1. The molecule has 1 amide bonds. The van der Waals surface area contributed by atoms with Crippen LogP contribution < -0.4 is 11.0 Å². The maximum absolute atomic E-state index is 12.9. The van der Waals surface area contributed by atoms with Crippen molar-refractivity contribution in [1.82, 2.24) is 19.4 Å². The molecule has 1 N–H and O–H groups in total. The third kappa shape index (κ3) is 5.17. The molecule has 2 aromatic rings. The molecule has 0 aliphatic rings. The van der Waals surface area contributed by atoms with Gasteiger partial charge in [0, 0.05) is 13.1 Å². The zero-order valence-corrected chi connectivity index (χ0v) is 19.5. The summed E-state index contributed by atoms with van der Waals surface area (Å²) in [5.74, 6) is 0.397. The molecule has 1 unspecified atom stereocenters.